The summed E-state index contributed by atoms with van der Waals surface area (Å²) in [6.45, 7) is 5.93. The molecule has 0 aliphatic heterocycles. The Bertz CT molecular complexity index is 645. The summed E-state index contributed by atoms with van der Waals surface area (Å²) in [4.78, 5) is 0. The number of hydrogen-bond donors (Lipinski definition) is 2. The molecule has 3 nitrogen and oxygen atoms in total. The van der Waals surface area contributed by atoms with Crippen molar-refractivity contribution in [3.05, 3.63) is 59.8 Å². The number of benzene rings is 1. The second kappa shape index (κ2) is 6.39. The van der Waals surface area contributed by atoms with Gasteiger partial charge in [-0.15, -0.1) is 22.8 Å². The first kappa shape index (κ1) is 14.3. The fourth-order valence-corrected chi connectivity index (χ4v) is 1.95. The Labute approximate surface area is 124 Å². The summed E-state index contributed by atoms with van der Waals surface area (Å²) < 4.78 is 0. The van der Waals surface area contributed by atoms with Crippen LogP contribution in [0.3, 0.4) is 0 Å². The van der Waals surface area contributed by atoms with E-state index in [1.165, 1.54) is 0 Å². The molecule has 20 heavy (non-hydrogen) atoms. The van der Waals surface area contributed by atoms with Gasteiger partial charge in [-0.05, 0) is 36.3 Å². The predicted octanol–water partition coefficient (Wildman–Crippen LogP) is 3.49. The van der Waals surface area contributed by atoms with Gasteiger partial charge in [-0.1, -0.05) is 30.9 Å². The van der Waals surface area contributed by atoms with E-state index in [9.17, 15) is 0 Å². The first-order valence-corrected chi connectivity index (χ1v) is 6.73. The SMILES string of the molecule is C=C(/C=C/c1ccc(-c2ccc(S)nn2)c(C)c1)NC. The summed E-state index contributed by atoms with van der Waals surface area (Å²) >= 11 is 4.15. The molecule has 1 heterocycles. The number of hydrogen-bond acceptors (Lipinski definition) is 4. The smallest absolute Gasteiger partial charge is 0.116 e. The van der Waals surface area contributed by atoms with E-state index in [4.69, 9.17) is 0 Å². The van der Waals surface area contributed by atoms with E-state index in [-0.39, 0.29) is 0 Å². The number of aromatic nitrogens is 2. The highest BCUT2D eigenvalue weighted by atomic mass is 32.1. The lowest BCUT2D eigenvalue weighted by Gasteiger charge is -2.06. The topological polar surface area (TPSA) is 37.8 Å². The largest absolute Gasteiger partial charge is 0.389 e. The van der Waals surface area contributed by atoms with Gasteiger partial charge in [0.05, 0.1) is 5.69 Å². The molecule has 1 N–H and O–H groups in total. The molecule has 102 valence electrons. The van der Waals surface area contributed by atoms with Gasteiger partial charge >= 0.3 is 0 Å². The number of aryl methyl sites for hydroxylation is 1. The molecule has 0 aliphatic rings. The van der Waals surface area contributed by atoms with Crippen LogP contribution in [0.4, 0.5) is 0 Å². The van der Waals surface area contributed by atoms with Crippen LogP contribution in [0.1, 0.15) is 11.1 Å². The molecule has 0 radical (unpaired) electrons. The Balaban J connectivity index is 2.28. The Morgan fingerprint density at radius 3 is 2.65 bits per heavy atom. The van der Waals surface area contributed by atoms with Gasteiger partial charge < -0.3 is 5.32 Å². The molecule has 0 aliphatic carbocycles. The van der Waals surface area contributed by atoms with E-state index < -0.39 is 0 Å². The van der Waals surface area contributed by atoms with E-state index in [0.29, 0.717) is 5.03 Å². The Kier molecular flexibility index (Phi) is 4.58. The first-order valence-electron chi connectivity index (χ1n) is 6.28. The minimum absolute atomic E-state index is 0.622. The molecule has 0 fully saturated rings. The summed E-state index contributed by atoms with van der Waals surface area (Å²) in [6, 6.07) is 9.99. The van der Waals surface area contributed by atoms with Crippen LogP contribution in [0.15, 0.2) is 53.7 Å². The van der Waals surface area contributed by atoms with Gasteiger partial charge in [-0.2, -0.15) is 0 Å². The summed E-state index contributed by atoms with van der Waals surface area (Å²) in [5.74, 6) is 0. The van der Waals surface area contributed by atoms with Crippen molar-refractivity contribution in [1.82, 2.24) is 15.5 Å². The van der Waals surface area contributed by atoms with E-state index in [2.05, 4.69) is 59.8 Å². The zero-order chi connectivity index (χ0) is 14.5. The van der Waals surface area contributed by atoms with Gasteiger partial charge in [0.15, 0.2) is 0 Å². The van der Waals surface area contributed by atoms with Crippen LogP contribution >= 0.6 is 12.6 Å². The summed E-state index contributed by atoms with van der Waals surface area (Å²) in [6.07, 6.45) is 3.97. The molecule has 0 amide bonds. The molecule has 1 aromatic heterocycles. The highest BCUT2D eigenvalue weighted by Gasteiger charge is 2.04. The van der Waals surface area contributed by atoms with Crippen molar-refractivity contribution >= 4 is 18.7 Å². The van der Waals surface area contributed by atoms with Crippen LogP contribution in [0.25, 0.3) is 17.3 Å². The van der Waals surface area contributed by atoms with Crippen LogP contribution < -0.4 is 5.32 Å². The number of likely N-dealkylation sites (N-methyl/N-ethyl adjacent to an activating group) is 1. The number of allylic oxidation sites excluding steroid dienone is 1. The average Bonchev–Trinajstić information content (AvgIpc) is 2.46. The van der Waals surface area contributed by atoms with Crippen LogP contribution in [0.2, 0.25) is 0 Å². The number of nitrogens with zero attached hydrogens (tertiary/aromatic N) is 2. The molecule has 0 atom stereocenters. The van der Waals surface area contributed by atoms with Crippen LogP contribution in [-0.4, -0.2) is 17.2 Å². The van der Waals surface area contributed by atoms with Gasteiger partial charge in [-0.25, -0.2) is 0 Å². The maximum Gasteiger partial charge on any atom is 0.116 e. The molecule has 4 heteroatoms. The zero-order valence-corrected chi connectivity index (χ0v) is 12.5. The van der Waals surface area contributed by atoms with Crippen molar-refractivity contribution in [2.45, 2.75) is 11.9 Å². The molecule has 0 spiro atoms. The lowest BCUT2D eigenvalue weighted by atomic mass is 10.0. The third-order valence-electron chi connectivity index (χ3n) is 2.97. The monoisotopic (exact) mass is 283 g/mol. The summed E-state index contributed by atoms with van der Waals surface area (Å²) in [5.41, 5.74) is 5.10. The Morgan fingerprint density at radius 2 is 2.05 bits per heavy atom. The first-order chi connectivity index (χ1) is 9.60. The lowest BCUT2D eigenvalue weighted by molar-refractivity contribution is 0.939. The molecule has 1 aromatic carbocycles. The van der Waals surface area contributed by atoms with E-state index in [0.717, 1.165) is 28.1 Å². The van der Waals surface area contributed by atoms with Crippen LogP contribution in [-0.2, 0) is 0 Å². The van der Waals surface area contributed by atoms with Crippen molar-refractivity contribution in [2.24, 2.45) is 0 Å². The van der Waals surface area contributed by atoms with Gasteiger partial charge in [-0.3, -0.25) is 0 Å². The van der Waals surface area contributed by atoms with Gasteiger partial charge in [0, 0.05) is 18.3 Å². The quantitative estimate of drug-likeness (QED) is 0.666. The fraction of sp³-hybridized carbons (Fsp3) is 0.125. The minimum Gasteiger partial charge on any atom is -0.389 e. The van der Waals surface area contributed by atoms with Crippen molar-refractivity contribution in [2.75, 3.05) is 7.05 Å². The van der Waals surface area contributed by atoms with E-state index in [1.54, 1.807) is 0 Å². The molecular weight excluding hydrogens is 266 g/mol. The molecule has 0 saturated heterocycles. The number of thiol groups is 1. The summed E-state index contributed by atoms with van der Waals surface area (Å²) in [5, 5.41) is 11.7. The van der Waals surface area contributed by atoms with Crippen LogP contribution in [0, 0.1) is 6.92 Å². The van der Waals surface area contributed by atoms with Crippen LogP contribution in [0.5, 0.6) is 0 Å². The molecule has 0 unspecified atom stereocenters. The van der Waals surface area contributed by atoms with Gasteiger partial charge in [0.1, 0.15) is 5.03 Å². The van der Waals surface area contributed by atoms with Crippen molar-refractivity contribution < 1.29 is 0 Å². The lowest BCUT2D eigenvalue weighted by Crippen LogP contribution is -2.00. The van der Waals surface area contributed by atoms with Gasteiger partial charge in [0.2, 0.25) is 0 Å². The molecule has 0 saturated carbocycles. The number of nitrogens with one attached hydrogen (secondary N) is 1. The maximum atomic E-state index is 4.16. The average molecular weight is 283 g/mol. The molecule has 2 rings (SSSR count). The summed E-state index contributed by atoms with van der Waals surface area (Å²) in [7, 11) is 1.85. The van der Waals surface area contributed by atoms with Gasteiger partial charge in [0.25, 0.3) is 0 Å². The second-order valence-electron chi connectivity index (χ2n) is 4.46. The van der Waals surface area contributed by atoms with Crippen molar-refractivity contribution in [3.8, 4) is 11.3 Å². The zero-order valence-electron chi connectivity index (χ0n) is 11.6. The highest BCUT2D eigenvalue weighted by molar-refractivity contribution is 7.80. The standard InChI is InChI=1S/C16H17N3S/c1-11-10-13(5-4-12(2)17-3)6-7-14(11)15-8-9-16(20)19-18-15/h4-10,17H,2H2,1,3H3,(H,19,20)/b5-4+. The highest BCUT2D eigenvalue weighted by Crippen LogP contribution is 2.23. The molecule has 2 aromatic rings. The third-order valence-corrected chi connectivity index (χ3v) is 3.21. The van der Waals surface area contributed by atoms with Crippen molar-refractivity contribution in [3.63, 3.8) is 0 Å². The Morgan fingerprint density at radius 1 is 1.25 bits per heavy atom. The predicted molar refractivity (Wildman–Crippen MR) is 86.7 cm³/mol. The third kappa shape index (κ3) is 3.48. The molecular formula is C16H17N3S. The number of rotatable bonds is 4. The van der Waals surface area contributed by atoms with E-state index >= 15 is 0 Å². The van der Waals surface area contributed by atoms with E-state index in [1.807, 2.05) is 31.3 Å². The molecule has 0 bridgehead atoms. The normalized spacial score (nSPS) is 10.8. The second-order valence-corrected chi connectivity index (χ2v) is 4.92. The Hall–Kier alpha value is -2.07. The maximum absolute atomic E-state index is 4.16. The van der Waals surface area contributed by atoms with Crippen molar-refractivity contribution in [1.29, 1.82) is 0 Å². The fourth-order valence-electron chi connectivity index (χ4n) is 1.83. The minimum atomic E-state index is 0.622.